The molecule has 0 atom stereocenters. The Bertz CT molecular complexity index is 776. The Kier molecular flexibility index (Phi) is 6.40. The normalized spacial score (nSPS) is 10.5. The predicted octanol–water partition coefficient (Wildman–Crippen LogP) is 3.59. The SMILES string of the molecule is COc1ccc(Br)cc1/C=C/C(=O)NNC(=O)c1ccc(Cl)cc1. The lowest BCUT2D eigenvalue weighted by Gasteiger charge is -2.06. The number of nitrogens with one attached hydrogen (secondary N) is 2. The fraction of sp³-hybridized carbons (Fsp3) is 0.0588. The summed E-state index contributed by atoms with van der Waals surface area (Å²) in [7, 11) is 1.55. The van der Waals surface area contributed by atoms with Crippen LogP contribution >= 0.6 is 27.5 Å². The van der Waals surface area contributed by atoms with Crippen molar-refractivity contribution in [3.8, 4) is 5.75 Å². The standard InChI is InChI=1S/C17H14BrClN2O3/c1-24-15-8-5-13(18)10-12(15)4-9-16(22)20-21-17(23)11-2-6-14(19)7-3-11/h2-10H,1H3,(H,20,22)(H,21,23)/b9-4+. The Morgan fingerprint density at radius 3 is 2.50 bits per heavy atom. The summed E-state index contributed by atoms with van der Waals surface area (Å²) in [5, 5.41) is 0.529. The molecule has 0 radical (unpaired) electrons. The summed E-state index contributed by atoms with van der Waals surface area (Å²) in [6.07, 6.45) is 2.89. The number of ether oxygens (including phenoxy) is 1. The Labute approximate surface area is 152 Å². The number of amides is 2. The average Bonchev–Trinajstić information content (AvgIpc) is 2.58. The lowest BCUT2D eigenvalue weighted by Crippen LogP contribution is -2.40. The first-order valence-corrected chi connectivity index (χ1v) is 8.04. The maximum Gasteiger partial charge on any atom is 0.269 e. The van der Waals surface area contributed by atoms with E-state index in [4.69, 9.17) is 16.3 Å². The summed E-state index contributed by atoms with van der Waals surface area (Å²) >= 11 is 9.11. The van der Waals surface area contributed by atoms with E-state index in [1.165, 1.54) is 6.08 Å². The number of hydrogen-bond donors (Lipinski definition) is 2. The van der Waals surface area contributed by atoms with E-state index in [1.807, 2.05) is 12.1 Å². The van der Waals surface area contributed by atoms with Crippen molar-refractivity contribution in [3.05, 3.63) is 69.2 Å². The Morgan fingerprint density at radius 2 is 1.83 bits per heavy atom. The molecule has 0 unspecified atom stereocenters. The molecule has 2 aromatic rings. The van der Waals surface area contributed by atoms with Gasteiger partial charge in [-0.1, -0.05) is 27.5 Å². The third-order valence-corrected chi connectivity index (χ3v) is 3.76. The molecule has 0 saturated heterocycles. The van der Waals surface area contributed by atoms with Crippen molar-refractivity contribution in [1.29, 1.82) is 0 Å². The van der Waals surface area contributed by atoms with E-state index >= 15 is 0 Å². The van der Waals surface area contributed by atoms with E-state index in [0.717, 1.165) is 10.0 Å². The number of halogens is 2. The summed E-state index contributed by atoms with van der Waals surface area (Å²) in [5.41, 5.74) is 5.74. The molecule has 2 N–H and O–H groups in total. The van der Waals surface area contributed by atoms with E-state index in [1.54, 1.807) is 43.5 Å². The van der Waals surface area contributed by atoms with Crippen molar-refractivity contribution in [2.24, 2.45) is 0 Å². The van der Waals surface area contributed by atoms with Gasteiger partial charge in [-0.15, -0.1) is 0 Å². The summed E-state index contributed by atoms with van der Waals surface area (Å²) in [6.45, 7) is 0. The van der Waals surface area contributed by atoms with Gasteiger partial charge in [-0.2, -0.15) is 0 Å². The van der Waals surface area contributed by atoms with Crippen LogP contribution in [0.25, 0.3) is 6.08 Å². The van der Waals surface area contributed by atoms with Gasteiger partial charge in [-0.25, -0.2) is 0 Å². The molecular formula is C17H14BrClN2O3. The molecule has 2 amide bonds. The van der Waals surface area contributed by atoms with Gasteiger partial charge in [0.25, 0.3) is 11.8 Å². The highest BCUT2D eigenvalue weighted by atomic mass is 79.9. The van der Waals surface area contributed by atoms with Gasteiger partial charge >= 0.3 is 0 Å². The van der Waals surface area contributed by atoms with Crippen LogP contribution in [-0.2, 0) is 4.79 Å². The van der Waals surface area contributed by atoms with E-state index < -0.39 is 11.8 Å². The van der Waals surface area contributed by atoms with Gasteiger partial charge in [0.2, 0.25) is 0 Å². The van der Waals surface area contributed by atoms with Gasteiger partial charge in [0, 0.05) is 26.7 Å². The summed E-state index contributed by atoms with van der Waals surface area (Å²) in [5.74, 6) is -0.278. The van der Waals surface area contributed by atoms with Gasteiger partial charge in [-0.05, 0) is 48.5 Å². The van der Waals surface area contributed by atoms with Crippen LogP contribution in [0.4, 0.5) is 0 Å². The molecule has 0 fully saturated rings. The molecule has 7 heteroatoms. The minimum absolute atomic E-state index is 0.386. The molecule has 2 aromatic carbocycles. The molecule has 0 heterocycles. The van der Waals surface area contributed by atoms with E-state index in [2.05, 4.69) is 26.8 Å². The first kappa shape index (κ1) is 18.0. The van der Waals surface area contributed by atoms with Gasteiger partial charge in [-0.3, -0.25) is 20.4 Å². The largest absolute Gasteiger partial charge is 0.496 e. The molecule has 0 bridgehead atoms. The molecule has 0 aromatic heterocycles. The highest BCUT2D eigenvalue weighted by Crippen LogP contribution is 2.23. The molecular weight excluding hydrogens is 396 g/mol. The zero-order valence-corrected chi connectivity index (χ0v) is 15.0. The first-order valence-electron chi connectivity index (χ1n) is 6.87. The number of hydrogen-bond acceptors (Lipinski definition) is 3. The van der Waals surface area contributed by atoms with Crippen LogP contribution in [0.15, 0.2) is 53.0 Å². The van der Waals surface area contributed by atoms with Crippen LogP contribution in [0, 0.1) is 0 Å². The molecule has 5 nitrogen and oxygen atoms in total. The zero-order valence-electron chi connectivity index (χ0n) is 12.7. The van der Waals surface area contributed by atoms with Gasteiger partial charge < -0.3 is 4.74 Å². The van der Waals surface area contributed by atoms with Crippen LogP contribution in [0.3, 0.4) is 0 Å². The number of benzene rings is 2. The first-order chi connectivity index (χ1) is 11.5. The fourth-order valence-electron chi connectivity index (χ4n) is 1.83. The summed E-state index contributed by atoms with van der Waals surface area (Å²) < 4.78 is 6.07. The quantitative estimate of drug-likeness (QED) is 0.599. The van der Waals surface area contributed by atoms with E-state index in [-0.39, 0.29) is 0 Å². The highest BCUT2D eigenvalue weighted by Gasteiger charge is 2.06. The van der Waals surface area contributed by atoms with Gasteiger partial charge in [0.15, 0.2) is 0 Å². The van der Waals surface area contributed by atoms with Crippen LogP contribution in [0.1, 0.15) is 15.9 Å². The van der Waals surface area contributed by atoms with Crippen LogP contribution in [0.2, 0.25) is 5.02 Å². The van der Waals surface area contributed by atoms with Crippen molar-refractivity contribution in [1.82, 2.24) is 10.9 Å². The van der Waals surface area contributed by atoms with E-state index in [0.29, 0.717) is 16.3 Å². The number of methoxy groups -OCH3 is 1. The van der Waals surface area contributed by atoms with Crippen molar-refractivity contribution in [3.63, 3.8) is 0 Å². The maximum atomic E-state index is 11.9. The van der Waals surface area contributed by atoms with Crippen molar-refractivity contribution in [2.75, 3.05) is 7.11 Å². The molecule has 0 aliphatic heterocycles. The number of carbonyl (C=O) groups is 2. The third-order valence-electron chi connectivity index (χ3n) is 3.01. The molecule has 124 valence electrons. The molecule has 0 aliphatic rings. The monoisotopic (exact) mass is 408 g/mol. The second-order valence-electron chi connectivity index (χ2n) is 4.67. The minimum Gasteiger partial charge on any atom is -0.496 e. The highest BCUT2D eigenvalue weighted by molar-refractivity contribution is 9.10. The second-order valence-corrected chi connectivity index (χ2v) is 6.02. The number of carbonyl (C=O) groups excluding carboxylic acids is 2. The summed E-state index contributed by atoms with van der Waals surface area (Å²) in [4.78, 5) is 23.7. The summed E-state index contributed by atoms with van der Waals surface area (Å²) in [6, 6.07) is 11.7. The molecule has 24 heavy (non-hydrogen) atoms. The lowest BCUT2D eigenvalue weighted by molar-refractivity contribution is -0.117. The number of hydrazine groups is 1. The van der Waals surface area contributed by atoms with Crippen molar-refractivity contribution >= 4 is 45.4 Å². The minimum atomic E-state index is -0.473. The number of rotatable bonds is 4. The molecule has 0 spiro atoms. The molecule has 0 aliphatic carbocycles. The fourth-order valence-corrected chi connectivity index (χ4v) is 2.34. The Morgan fingerprint density at radius 1 is 1.12 bits per heavy atom. The predicted molar refractivity (Wildman–Crippen MR) is 96.8 cm³/mol. The maximum absolute atomic E-state index is 11.9. The van der Waals surface area contributed by atoms with Crippen LogP contribution in [-0.4, -0.2) is 18.9 Å². The van der Waals surface area contributed by atoms with E-state index in [9.17, 15) is 9.59 Å². The van der Waals surface area contributed by atoms with Crippen LogP contribution < -0.4 is 15.6 Å². The lowest BCUT2D eigenvalue weighted by atomic mass is 10.2. The van der Waals surface area contributed by atoms with Crippen molar-refractivity contribution < 1.29 is 14.3 Å². The topological polar surface area (TPSA) is 67.4 Å². The second kappa shape index (κ2) is 8.52. The van der Waals surface area contributed by atoms with Crippen molar-refractivity contribution in [2.45, 2.75) is 0 Å². The molecule has 0 saturated carbocycles. The smallest absolute Gasteiger partial charge is 0.269 e. The van der Waals surface area contributed by atoms with Gasteiger partial charge in [0.1, 0.15) is 5.75 Å². The van der Waals surface area contributed by atoms with Gasteiger partial charge in [0.05, 0.1) is 7.11 Å². The third kappa shape index (κ3) is 5.11. The Balaban J connectivity index is 1.94. The molecule has 2 rings (SSSR count). The van der Waals surface area contributed by atoms with Crippen LogP contribution in [0.5, 0.6) is 5.75 Å². The Hall–Kier alpha value is -2.31. The average molecular weight is 410 g/mol. The zero-order chi connectivity index (χ0) is 17.5.